The van der Waals surface area contributed by atoms with E-state index < -0.39 is 0 Å². The third-order valence-corrected chi connectivity index (χ3v) is 5.98. The van der Waals surface area contributed by atoms with E-state index in [1.165, 1.54) is 11.3 Å². The Labute approximate surface area is 162 Å². The van der Waals surface area contributed by atoms with Crippen molar-refractivity contribution in [2.75, 3.05) is 33.5 Å². The molecular formula is C19H27N3O4S. The van der Waals surface area contributed by atoms with Crippen LogP contribution in [-0.2, 0) is 22.4 Å². The lowest BCUT2D eigenvalue weighted by Gasteiger charge is -2.08. The van der Waals surface area contributed by atoms with Gasteiger partial charge in [0.15, 0.2) is 0 Å². The molecule has 0 fully saturated rings. The topological polar surface area (TPSA) is 82.4 Å². The summed E-state index contributed by atoms with van der Waals surface area (Å²) in [6, 6.07) is 0. The minimum atomic E-state index is -0.146. The highest BCUT2D eigenvalue weighted by molar-refractivity contribution is 7.20. The predicted molar refractivity (Wildman–Crippen MR) is 106 cm³/mol. The number of aryl methyl sites for hydroxylation is 2. The Balaban J connectivity index is 1.70. The number of nitrogens with zero attached hydrogens (tertiary/aromatic N) is 2. The minimum absolute atomic E-state index is 0.00348. The van der Waals surface area contributed by atoms with E-state index in [0.29, 0.717) is 41.5 Å². The van der Waals surface area contributed by atoms with Crippen molar-refractivity contribution in [3.05, 3.63) is 26.6 Å². The first-order valence-electron chi connectivity index (χ1n) is 9.51. The van der Waals surface area contributed by atoms with Gasteiger partial charge in [0, 0.05) is 33.2 Å². The molecule has 3 heterocycles. The average Bonchev–Trinajstić information content (AvgIpc) is 2.83. The van der Waals surface area contributed by atoms with Crippen LogP contribution >= 0.6 is 11.3 Å². The highest BCUT2D eigenvalue weighted by atomic mass is 32.1. The van der Waals surface area contributed by atoms with Gasteiger partial charge in [-0.2, -0.15) is 0 Å². The molecule has 0 saturated carbocycles. The summed E-state index contributed by atoms with van der Waals surface area (Å²) in [6.45, 7) is 4.79. The van der Waals surface area contributed by atoms with Crippen molar-refractivity contribution in [3.63, 3.8) is 0 Å². The lowest BCUT2D eigenvalue weighted by molar-refractivity contribution is 0.0688. The predicted octanol–water partition coefficient (Wildman–Crippen LogP) is 2.28. The molecular weight excluding hydrogens is 366 g/mol. The molecule has 1 N–H and O–H groups in total. The molecule has 3 rings (SSSR count). The fourth-order valence-electron chi connectivity index (χ4n) is 3.33. The van der Waals surface area contributed by atoms with Gasteiger partial charge in [-0.05, 0) is 31.7 Å². The Hall–Kier alpha value is -1.77. The zero-order valence-corrected chi connectivity index (χ0v) is 16.8. The molecule has 2 aromatic heterocycles. The van der Waals surface area contributed by atoms with Crippen LogP contribution in [0.5, 0.6) is 0 Å². The van der Waals surface area contributed by atoms with Crippen molar-refractivity contribution in [1.82, 2.24) is 14.9 Å². The highest BCUT2D eigenvalue weighted by Crippen LogP contribution is 2.28. The molecule has 8 heteroatoms. The van der Waals surface area contributed by atoms with Gasteiger partial charge in [-0.1, -0.05) is 6.42 Å². The number of nitrogens with one attached hydrogen (secondary N) is 1. The number of carbonyl (C=O) groups is 1. The van der Waals surface area contributed by atoms with Gasteiger partial charge >= 0.3 is 0 Å². The number of rotatable bonds is 8. The Bertz CT molecular complexity index is 859. The van der Waals surface area contributed by atoms with E-state index >= 15 is 0 Å². The second kappa shape index (κ2) is 9.43. The quantitative estimate of drug-likeness (QED) is 0.696. The van der Waals surface area contributed by atoms with Gasteiger partial charge in [-0.3, -0.25) is 14.2 Å². The van der Waals surface area contributed by atoms with Crippen LogP contribution in [0.4, 0.5) is 0 Å². The molecule has 0 atom stereocenters. The monoisotopic (exact) mass is 393 g/mol. The third-order valence-electron chi connectivity index (χ3n) is 4.80. The van der Waals surface area contributed by atoms with Gasteiger partial charge in [-0.25, -0.2) is 4.98 Å². The van der Waals surface area contributed by atoms with E-state index in [2.05, 4.69) is 5.32 Å². The van der Waals surface area contributed by atoms with Gasteiger partial charge in [0.1, 0.15) is 10.7 Å². The van der Waals surface area contributed by atoms with Gasteiger partial charge < -0.3 is 14.8 Å². The molecule has 7 nitrogen and oxygen atoms in total. The second-order valence-electron chi connectivity index (χ2n) is 6.75. The van der Waals surface area contributed by atoms with Crippen LogP contribution in [0.2, 0.25) is 0 Å². The average molecular weight is 394 g/mol. The van der Waals surface area contributed by atoms with Crippen molar-refractivity contribution in [3.8, 4) is 0 Å². The van der Waals surface area contributed by atoms with Crippen LogP contribution in [-0.4, -0.2) is 48.9 Å². The molecule has 1 aliphatic heterocycles. The van der Waals surface area contributed by atoms with E-state index in [-0.39, 0.29) is 11.5 Å². The van der Waals surface area contributed by atoms with Crippen LogP contribution in [0.1, 0.15) is 46.7 Å². The fourth-order valence-corrected chi connectivity index (χ4v) is 4.43. The van der Waals surface area contributed by atoms with Gasteiger partial charge in [-0.15, -0.1) is 11.3 Å². The standard InChI is InChI=1S/C19H27N3O4S/c1-13-15-18(21-14-7-4-3-5-9-22(14)19(15)24)27-16(13)17(23)20-8-6-10-26-12-11-25-2/h3-12H2,1-2H3,(H,20,23). The first kappa shape index (κ1) is 20.0. The molecule has 0 bridgehead atoms. The van der Waals surface area contributed by atoms with Crippen molar-refractivity contribution >= 4 is 27.5 Å². The highest BCUT2D eigenvalue weighted by Gasteiger charge is 2.21. The van der Waals surface area contributed by atoms with Crippen molar-refractivity contribution in [2.24, 2.45) is 0 Å². The molecule has 0 unspecified atom stereocenters. The van der Waals surface area contributed by atoms with Crippen LogP contribution in [0, 0.1) is 6.92 Å². The van der Waals surface area contributed by atoms with Gasteiger partial charge in [0.2, 0.25) is 0 Å². The first-order chi connectivity index (χ1) is 13.1. The lowest BCUT2D eigenvalue weighted by atomic mass is 10.2. The number of amides is 1. The van der Waals surface area contributed by atoms with Crippen LogP contribution in [0.25, 0.3) is 10.2 Å². The van der Waals surface area contributed by atoms with E-state index in [4.69, 9.17) is 14.5 Å². The summed E-state index contributed by atoms with van der Waals surface area (Å²) in [7, 11) is 1.63. The third kappa shape index (κ3) is 4.56. The Morgan fingerprint density at radius 1 is 1.26 bits per heavy atom. The number of ether oxygens (including phenoxy) is 2. The number of fused-ring (bicyclic) bond motifs is 2. The molecule has 0 spiro atoms. The van der Waals surface area contributed by atoms with E-state index in [9.17, 15) is 9.59 Å². The zero-order valence-electron chi connectivity index (χ0n) is 16.0. The summed E-state index contributed by atoms with van der Waals surface area (Å²) in [6.07, 6.45) is 4.74. The Morgan fingerprint density at radius 2 is 2.11 bits per heavy atom. The zero-order chi connectivity index (χ0) is 19.2. The fraction of sp³-hybridized carbons (Fsp3) is 0.632. The molecule has 2 aromatic rings. The SMILES string of the molecule is COCCOCCCNC(=O)c1sc2nc3n(c(=O)c2c1C)CCCCC3. The molecule has 0 aromatic carbocycles. The van der Waals surface area contributed by atoms with Crippen molar-refractivity contribution in [2.45, 2.75) is 45.6 Å². The summed E-state index contributed by atoms with van der Waals surface area (Å²) in [5.74, 6) is 0.707. The molecule has 1 aliphatic rings. The van der Waals surface area contributed by atoms with Crippen LogP contribution in [0.3, 0.4) is 0 Å². The lowest BCUT2D eigenvalue weighted by Crippen LogP contribution is -2.26. The molecule has 0 radical (unpaired) electrons. The summed E-state index contributed by atoms with van der Waals surface area (Å²) in [4.78, 5) is 31.5. The van der Waals surface area contributed by atoms with Gasteiger partial charge in [0.25, 0.3) is 11.5 Å². The number of aromatic nitrogens is 2. The molecule has 1 amide bonds. The van der Waals surface area contributed by atoms with Crippen molar-refractivity contribution in [1.29, 1.82) is 0 Å². The van der Waals surface area contributed by atoms with E-state index in [1.807, 2.05) is 6.92 Å². The van der Waals surface area contributed by atoms with Crippen molar-refractivity contribution < 1.29 is 14.3 Å². The normalized spacial score (nSPS) is 14.1. The summed E-state index contributed by atoms with van der Waals surface area (Å²) < 4.78 is 12.1. The van der Waals surface area contributed by atoms with E-state index in [0.717, 1.165) is 50.0 Å². The number of methoxy groups -OCH3 is 1. The summed E-state index contributed by atoms with van der Waals surface area (Å²) >= 11 is 1.32. The van der Waals surface area contributed by atoms with Gasteiger partial charge in [0.05, 0.1) is 23.5 Å². The molecule has 148 valence electrons. The maximum atomic E-state index is 12.9. The number of hydrogen-bond acceptors (Lipinski definition) is 6. The maximum Gasteiger partial charge on any atom is 0.262 e. The molecule has 27 heavy (non-hydrogen) atoms. The molecule has 0 aliphatic carbocycles. The minimum Gasteiger partial charge on any atom is -0.382 e. The Morgan fingerprint density at radius 3 is 2.93 bits per heavy atom. The summed E-state index contributed by atoms with van der Waals surface area (Å²) in [5.41, 5.74) is 0.733. The first-order valence-corrected chi connectivity index (χ1v) is 10.3. The van der Waals surface area contributed by atoms with Crippen LogP contribution in [0.15, 0.2) is 4.79 Å². The number of hydrogen-bond donors (Lipinski definition) is 1. The second-order valence-corrected chi connectivity index (χ2v) is 7.75. The molecule has 0 saturated heterocycles. The number of thiophene rings is 1. The maximum absolute atomic E-state index is 12.9. The smallest absolute Gasteiger partial charge is 0.262 e. The Kier molecular flexibility index (Phi) is 6.98. The van der Waals surface area contributed by atoms with E-state index in [1.54, 1.807) is 11.7 Å². The van der Waals surface area contributed by atoms with Crippen LogP contribution < -0.4 is 10.9 Å². The number of carbonyl (C=O) groups excluding carboxylic acids is 1. The largest absolute Gasteiger partial charge is 0.382 e. The summed E-state index contributed by atoms with van der Waals surface area (Å²) in [5, 5.41) is 3.51.